The number of carbonyl (C=O) groups is 2. The van der Waals surface area contributed by atoms with E-state index >= 15 is 0 Å². The second-order valence-corrected chi connectivity index (χ2v) is 2.88. The Bertz CT molecular complexity index is 187. The fourth-order valence-electron chi connectivity index (χ4n) is 0.758. The summed E-state index contributed by atoms with van der Waals surface area (Å²) in [5.41, 5.74) is 5.20. The molecule has 0 radical (unpaired) electrons. The molecule has 0 aliphatic rings. The first-order chi connectivity index (χ1) is 6.11. The highest BCUT2D eigenvalue weighted by Gasteiger charge is 2.16. The van der Waals surface area contributed by atoms with Gasteiger partial charge in [0, 0.05) is 25.8 Å². The van der Waals surface area contributed by atoms with Crippen molar-refractivity contribution in [2.45, 2.75) is 13.0 Å². The van der Waals surface area contributed by atoms with Gasteiger partial charge in [-0.2, -0.15) is 12.6 Å². The smallest absolute Gasteiger partial charge is 0.243 e. The lowest BCUT2D eigenvalue weighted by atomic mass is 10.3. The first-order valence-corrected chi connectivity index (χ1v) is 4.60. The normalized spacial score (nSPS) is 11.9. The Morgan fingerprint density at radius 2 is 2.15 bits per heavy atom. The second kappa shape index (κ2) is 6.73. The SMILES string of the molecule is CC(=O)NC(CS)C(=O)NCCN. The molecule has 13 heavy (non-hydrogen) atoms. The van der Waals surface area contributed by atoms with Gasteiger partial charge in [-0.3, -0.25) is 9.59 Å². The molecule has 0 fully saturated rings. The monoisotopic (exact) mass is 205 g/mol. The van der Waals surface area contributed by atoms with Crippen LogP contribution in [0, 0.1) is 0 Å². The van der Waals surface area contributed by atoms with Gasteiger partial charge in [0.1, 0.15) is 6.04 Å². The van der Waals surface area contributed by atoms with Crippen molar-refractivity contribution in [3.05, 3.63) is 0 Å². The van der Waals surface area contributed by atoms with Crippen molar-refractivity contribution in [3.8, 4) is 0 Å². The maximum Gasteiger partial charge on any atom is 0.243 e. The molecule has 0 aliphatic heterocycles. The summed E-state index contributed by atoms with van der Waals surface area (Å²) in [5.74, 6) is -0.228. The standard InChI is InChI=1S/C7H15N3O2S/c1-5(11)10-6(4-13)7(12)9-3-2-8/h6,13H,2-4,8H2,1H3,(H,9,12)(H,10,11). The van der Waals surface area contributed by atoms with Crippen LogP contribution in [0.15, 0.2) is 0 Å². The highest BCUT2D eigenvalue weighted by Crippen LogP contribution is 1.87. The average molecular weight is 205 g/mol. The molecule has 0 spiro atoms. The highest BCUT2D eigenvalue weighted by molar-refractivity contribution is 7.80. The van der Waals surface area contributed by atoms with Gasteiger partial charge in [-0.25, -0.2) is 0 Å². The topological polar surface area (TPSA) is 84.2 Å². The fraction of sp³-hybridized carbons (Fsp3) is 0.714. The molecule has 5 nitrogen and oxygen atoms in total. The second-order valence-electron chi connectivity index (χ2n) is 2.52. The summed E-state index contributed by atoms with van der Waals surface area (Å²) in [5, 5.41) is 5.03. The molecule has 0 rings (SSSR count). The molecule has 0 saturated carbocycles. The van der Waals surface area contributed by atoms with Gasteiger partial charge in [0.2, 0.25) is 11.8 Å². The van der Waals surface area contributed by atoms with Crippen LogP contribution in [-0.2, 0) is 9.59 Å². The Morgan fingerprint density at radius 3 is 2.54 bits per heavy atom. The molecular formula is C7H15N3O2S. The van der Waals surface area contributed by atoms with Crippen LogP contribution in [0.1, 0.15) is 6.92 Å². The van der Waals surface area contributed by atoms with Crippen LogP contribution in [0.25, 0.3) is 0 Å². The minimum absolute atomic E-state index is 0.248. The Morgan fingerprint density at radius 1 is 1.54 bits per heavy atom. The van der Waals surface area contributed by atoms with Gasteiger partial charge in [0.15, 0.2) is 0 Å². The van der Waals surface area contributed by atoms with Crippen LogP contribution in [0.3, 0.4) is 0 Å². The number of thiol groups is 1. The van der Waals surface area contributed by atoms with Crippen LogP contribution in [0.2, 0.25) is 0 Å². The largest absolute Gasteiger partial charge is 0.353 e. The number of hydrogen-bond acceptors (Lipinski definition) is 4. The van der Waals surface area contributed by atoms with E-state index in [-0.39, 0.29) is 17.6 Å². The molecule has 76 valence electrons. The predicted octanol–water partition coefficient (Wildman–Crippen LogP) is -1.50. The third-order valence-electron chi connectivity index (χ3n) is 1.32. The summed E-state index contributed by atoms with van der Waals surface area (Å²) in [6.45, 7) is 2.14. The maximum atomic E-state index is 11.2. The Labute approximate surface area is 82.8 Å². The van der Waals surface area contributed by atoms with E-state index in [1.807, 2.05) is 0 Å². The van der Waals surface area contributed by atoms with E-state index in [2.05, 4.69) is 23.3 Å². The molecule has 0 aromatic heterocycles. The maximum absolute atomic E-state index is 11.2. The zero-order chi connectivity index (χ0) is 10.3. The molecule has 0 aliphatic carbocycles. The summed E-state index contributed by atoms with van der Waals surface area (Å²) >= 11 is 3.94. The molecule has 1 unspecified atom stereocenters. The lowest BCUT2D eigenvalue weighted by Gasteiger charge is -2.14. The summed E-state index contributed by atoms with van der Waals surface area (Å²) in [6.07, 6.45) is 0. The van der Waals surface area contributed by atoms with Crippen LogP contribution < -0.4 is 16.4 Å². The third-order valence-corrected chi connectivity index (χ3v) is 1.69. The Hall–Kier alpha value is -0.750. The van der Waals surface area contributed by atoms with E-state index in [9.17, 15) is 9.59 Å². The molecule has 0 aromatic carbocycles. The number of hydrogen-bond donors (Lipinski definition) is 4. The summed E-state index contributed by atoms with van der Waals surface area (Å²) in [6, 6.07) is -0.576. The first-order valence-electron chi connectivity index (χ1n) is 3.97. The fourth-order valence-corrected chi connectivity index (χ4v) is 1.02. The minimum Gasteiger partial charge on any atom is -0.353 e. The van der Waals surface area contributed by atoms with Crippen LogP contribution in [0.5, 0.6) is 0 Å². The van der Waals surface area contributed by atoms with Gasteiger partial charge in [-0.05, 0) is 0 Å². The van der Waals surface area contributed by atoms with Crippen molar-refractivity contribution in [1.29, 1.82) is 0 Å². The Balaban J connectivity index is 3.92. The molecule has 4 N–H and O–H groups in total. The highest BCUT2D eigenvalue weighted by atomic mass is 32.1. The molecule has 2 amide bonds. The minimum atomic E-state index is -0.576. The van der Waals surface area contributed by atoms with Crippen LogP contribution in [-0.4, -0.2) is 36.7 Å². The van der Waals surface area contributed by atoms with Crippen molar-refractivity contribution in [1.82, 2.24) is 10.6 Å². The van der Waals surface area contributed by atoms with Gasteiger partial charge in [-0.15, -0.1) is 0 Å². The molecule has 6 heteroatoms. The number of amides is 2. The van der Waals surface area contributed by atoms with Gasteiger partial charge >= 0.3 is 0 Å². The van der Waals surface area contributed by atoms with E-state index in [4.69, 9.17) is 5.73 Å². The number of nitrogens with two attached hydrogens (primary N) is 1. The first kappa shape index (κ1) is 12.2. The van der Waals surface area contributed by atoms with Gasteiger partial charge in [0.05, 0.1) is 0 Å². The van der Waals surface area contributed by atoms with Crippen LogP contribution in [0.4, 0.5) is 0 Å². The van der Waals surface area contributed by atoms with Crippen molar-refractivity contribution in [3.63, 3.8) is 0 Å². The molecular weight excluding hydrogens is 190 g/mol. The number of rotatable bonds is 5. The average Bonchev–Trinajstić information content (AvgIpc) is 2.09. The van der Waals surface area contributed by atoms with Crippen LogP contribution >= 0.6 is 12.6 Å². The summed E-state index contributed by atoms with van der Waals surface area (Å²) in [7, 11) is 0. The van der Waals surface area contributed by atoms with Gasteiger partial charge in [0.25, 0.3) is 0 Å². The molecule has 0 heterocycles. The van der Waals surface area contributed by atoms with E-state index in [0.29, 0.717) is 13.1 Å². The van der Waals surface area contributed by atoms with Gasteiger partial charge < -0.3 is 16.4 Å². The summed E-state index contributed by atoms with van der Waals surface area (Å²) in [4.78, 5) is 21.9. The van der Waals surface area contributed by atoms with E-state index in [1.165, 1.54) is 6.92 Å². The lowest BCUT2D eigenvalue weighted by Crippen LogP contribution is -2.48. The molecule has 1 atom stereocenters. The zero-order valence-corrected chi connectivity index (χ0v) is 8.43. The summed E-state index contributed by atoms with van der Waals surface area (Å²) < 4.78 is 0. The number of carbonyl (C=O) groups excluding carboxylic acids is 2. The Kier molecular flexibility index (Phi) is 6.34. The molecule has 0 saturated heterocycles. The van der Waals surface area contributed by atoms with Crippen molar-refractivity contribution in [2.24, 2.45) is 5.73 Å². The molecule has 0 aromatic rings. The van der Waals surface area contributed by atoms with Crippen molar-refractivity contribution >= 4 is 24.4 Å². The predicted molar refractivity (Wildman–Crippen MR) is 53.5 cm³/mol. The quantitative estimate of drug-likeness (QED) is 0.412. The van der Waals surface area contributed by atoms with Crippen molar-refractivity contribution in [2.75, 3.05) is 18.8 Å². The van der Waals surface area contributed by atoms with Gasteiger partial charge in [-0.1, -0.05) is 0 Å². The van der Waals surface area contributed by atoms with Crippen molar-refractivity contribution < 1.29 is 9.59 Å². The van der Waals surface area contributed by atoms with E-state index < -0.39 is 6.04 Å². The number of nitrogens with one attached hydrogen (secondary N) is 2. The lowest BCUT2D eigenvalue weighted by molar-refractivity contribution is -0.127. The zero-order valence-electron chi connectivity index (χ0n) is 7.54. The third kappa shape index (κ3) is 5.48. The van der Waals surface area contributed by atoms with E-state index in [0.717, 1.165) is 0 Å². The van der Waals surface area contributed by atoms with E-state index in [1.54, 1.807) is 0 Å². The molecule has 0 bridgehead atoms.